The fraction of sp³-hybridized carbons (Fsp3) is 0.556. The van der Waals surface area contributed by atoms with E-state index in [0.29, 0.717) is 5.92 Å². The van der Waals surface area contributed by atoms with Gasteiger partial charge in [-0.3, -0.25) is 0 Å². The van der Waals surface area contributed by atoms with Crippen LogP contribution in [0.2, 0.25) is 0 Å². The third-order valence-corrected chi connectivity index (χ3v) is 3.16. The second-order valence-electron chi connectivity index (χ2n) is 3.43. The number of aliphatic hydroxyl groups is 1. The summed E-state index contributed by atoms with van der Waals surface area (Å²) < 4.78 is 0. The molecule has 1 saturated carbocycles. The molecule has 1 aromatic heterocycles. The smallest absolute Gasteiger partial charge is 0.0904 e. The molecule has 60 valence electrons. The Labute approximate surface area is 70.7 Å². The summed E-state index contributed by atoms with van der Waals surface area (Å²) in [5.41, 5.74) is 0.532. The molecule has 0 saturated heterocycles. The van der Waals surface area contributed by atoms with Gasteiger partial charge in [-0.1, -0.05) is 0 Å². The van der Waals surface area contributed by atoms with E-state index in [0.717, 1.165) is 5.56 Å². The highest BCUT2D eigenvalue weighted by Gasteiger charge is 2.41. The van der Waals surface area contributed by atoms with Crippen LogP contribution in [0.15, 0.2) is 16.8 Å². The maximum atomic E-state index is 10.0. The van der Waals surface area contributed by atoms with E-state index < -0.39 is 5.60 Å². The molecule has 11 heavy (non-hydrogen) atoms. The molecule has 2 rings (SSSR count). The Hall–Kier alpha value is -0.340. The minimum absolute atomic E-state index is 0.511. The lowest BCUT2D eigenvalue weighted by molar-refractivity contribution is 0.0335. The van der Waals surface area contributed by atoms with Gasteiger partial charge in [0.25, 0.3) is 0 Å². The highest BCUT2D eigenvalue weighted by atomic mass is 32.1. The Morgan fingerprint density at radius 1 is 1.64 bits per heavy atom. The second-order valence-corrected chi connectivity index (χ2v) is 4.21. The number of rotatable bonds is 2. The highest BCUT2D eigenvalue weighted by molar-refractivity contribution is 7.08. The average molecular weight is 168 g/mol. The molecule has 1 aliphatic rings. The maximum Gasteiger partial charge on any atom is 0.0904 e. The zero-order chi connectivity index (χ0) is 7.90. The van der Waals surface area contributed by atoms with E-state index in [1.165, 1.54) is 12.8 Å². The van der Waals surface area contributed by atoms with Crippen molar-refractivity contribution in [3.63, 3.8) is 0 Å². The van der Waals surface area contributed by atoms with Crippen molar-refractivity contribution in [2.45, 2.75) is 25.4 Å². The maximum absolute atomic E-state index is 10.0. The van der Waals surface area contributed by atoms with Crippen LogP contribution in [0.1, 0.15) is 25.3 Å². The summed E-state index contributed by atoms with van der Waals surface area (Å²) in [7, 11) is 0. The van der Waals surface area contributed by atoms with Crippen molar-refractivity contribution in [2.24, 2.45) is 5.92 Å². The van der Waals surface area contributed by atoms with Crippen molar-refractivity contribution in [2.75, 3.05) is 0 Å². The fourth-order valence-corrected chi connectivity index (χ4v) is 2.20. The van der Waals surface area contributed by atoms with Crippen LogP contribution < -0.4 is 0 Å². The van der Waals surface area contributed by atoms with Gasteiger partial charge in [0.1, 0.15) is 0 Å². The molecule has 1 unspecified atom stereocenters. The first-order chi connectivity index (χ1) is 5.21. The van der Waals surface area contributed by atoms with Crippen LogP contribution in [0.5, 0.6) is 0 Å². The molecule has 1 aliphatic carbocycles. The predicted octanol–water partition coefficient (Wildman–Crippen LogP) is 2.37. The zero-order valence-electron chi connectivity index (χ0n) is 6.58. The van der Waals surface area contributed by atoms with Crippen molar-refractivity contribution < 1.29 is 5.11 Å². The van der Waals surface area contributed by atoms with E-state index in [-0.39, 0.29) is 0 Å². The summed E-state index contributed by atoms with van der Waals surface area (Å²) in [6.45, 7) is 1.92. The van der Waals surface area contributed by atoms with Crippen molar-refractivity contribution in [3.05, 3.63) is 22.4 Å². The first kappa shape index (κ1) is 7.32. The summed E-state index contributed by atoms with van der Waals surface area (Å²) >= 11 is 1.65. The van der Waals surface area contributed by atoms with Gasteiger partial charge < -0.3 is 5.11 Å². The normalized spacial score (nSPS) is 23.1. The molecule has 0 aromatic carbocycles. The standard InChI is InChI=1S/C9H12OS/c1-9(10,7-2-3-7)8-4-5-11-6-8/h4-7,10H,2-3H2,1H3. The molecule has 0 amide bonds. The molecule has 1 fully saturated rings. The van der Waals surface area contributed by atoms with Gasteiger partial charge in [0.15, 0.2) is 0 Å². The van der Waals surface area contributed by atoms with Crippen LogP contribution in [0.25, 0.3) is 0 Å². The summed E-state index contributed by atoms with van der Waals surface area (Å²) in [5.74, 6) is 0.511. The Morgan fingerprint density at radius 3 is 2.82 bits per heavy atom. The van der Waals surface area contributed by atoms with Gasteiger partial charge in [-0.2, -0.15) is 11.3 Å². The van der Waals surface area contributed by atoms with Crippen molar-refractivity contribution >= 4 is 11.3 Å². The van der Waals surface area contributed by atoms with Gasteiger partial charge in [-0.05, 0) is 48.1 Å². The Kier molecular flexibility index (Phi) is 1.55. The topological polar surface area (TPSA) is 20.2 Å². The molecule has 0 aliphatic heterocycles. The van der Waals surface area contributed by atoms with Crippen LogP contribution >= 0.6 is 11.3 Å². The predicted molar refractivity (Wildman–Crippen MR) is 46.6 cm³/mol. The van der Waals surface area contributed by atoms with Crippen LogP contribution in [-0.4, -0.2) is 5.11 Å². The first-order valence-electron chi connectivity index (χ1n) is 3.96. The number of hydrogen-bond acceptors (Lipinski definition) is 2. The lowest BCUT2D eigenvalue weighted by Gasteiger charge is -2.21. The molecular weight excluding hydrogens is 156 g/mol. The molecular formula is C9H12OS. The molecule has 2 heteroatoms. The van der Waals surface area contributed by atoms with Gasteiger partial charge in [-0.15, -0.1) is 0 Å². The van der Waals surface area contributed by atoms with Gasteiger partial charge in [0.2, 0.25) is 0 Å². The van der Waals surface area contributed by atoms with Crippen molar-refractivity contribution in [1.82, 2.24) is 0 Å². The largest absolute Gasteiger partial charge is 0.385 e. The minimum Gasteiger partial charge on any atom is -0.385 e. The molecule has 1 N–H and O–H groups in total. The van der Waals surface area contributed by atoms with Crippen LogP contribution in [0, 0.1) is 5.92 Å². The SMILES string of the molecule is CC(O)(c1ccsc1)C1CC1. The van der Waals surface area contributed by atoms with Crippen LogP contribution in [0.3, 0.4) is 0 Å². The van der Waals surface area contributed by atoms with Gasteiger partial charge in [0.05, 0.1) is 5.60 Å². The monoisotopic (exact) mass is 168 g/mol. The van der Waals surface area contributed by atoms with Gasteiger partial charge >= 0.3 is 0 Å². The third kappa shape index (κ3) is 1.21. The molecule has 0 spiro atoms. The highest BCUT2D eigenvalue weighted by Crippen LogP contribution is 2.45. The van der Waals surface area contributed by atoms with E-state index in [2.05, 4.69) is 0 Å². The van der Waals surface area contributed by atoms with Crippen molar-refractivity contribution in [3.8, 4) is 0 Å². The third-order valence-electron chi connectivity index (χ3n) is 2.48. The Balaban J connectivity index is 2.26. The summed E-state index contributed by atoms with van der Waals surface area (Å²) in [6, 6.07) is 2.02. The molecule has 0 bridgehead atoms. The van der Waals surface area contributed by atoms with Crippen molar-refractivity contribution in [1.29, 1.82) is 0 Å². The van der Waals surface area contributed by atoms with Crippen LogP contribution in [0.4, 0.5) is 0 Å². The van der Waals surface area contributed by atoms with E-state index in [9.17, 15) is 5.11 Å². The zero-order valence-corrected chi connectivity index (χ0v) is 7.40. The lowest BCUT2D eigenvalue weighted by atomic mass is 9.94. The number of hydrogen-bond donors (Lipinski definition) is 1. The lowest BCUT2D eigenvalue weighted by Crippen LogP contribution is -2.22. The first-order valence-corrected chi connectivity index (χ1v) is 4.90. The fourth-order valence-electron chi connectivity index (χ4n) is 1.43. The average Bonchev–Trinajstić information content (AvgIpc) is 2.66. The quantitative estimate of drug-likeness (QED) is 0.718. The second kappa shape index (κ2) is 2.32. The molecule has 0 radical (unpaired) electrons. The summed E-state index contributed by atoms with van der Waals surface area (Å²) in [4.78, 5) is 0. The molecule has 1 heterocycles. The van der Waals surface area contributed by atoms with Gasteiger partial charge in [0, 0.05) is 0 Å². The van der Waals surface area contributed by atoms with Crippen LogP contribution in [-0.2, 0) is 5.60 Å². The Morgan fingerprint density at radius 2 is 2.36 bits per heavy atom. The van der Waals surface area contributed by atoms with E-state index in [1.54, 1.807) is 11.3 Å². The summed E-state index contributed by atoms with van der Waals surface area (Å²) in [6.07, 6.45) is 2.37. The minimum atomic E-state index is -0.556. The number of thiophene rings is 1. The molecule has 1 nitrogen and oxygen atoms in total. The van der Waals surface area contributed by atoms with E-state index in [4.69, 9.17) is 0 Å². The molecule has 1 atom stereocenters. The molecule has 1 aromatic rings. The van der Waals surface area contributed by atoms with Gasteiger partial charge in [-0.25, -0.2) is 0 Å². The van der Waals surface area contributed by atoms with E-state index >= 15 is 0 Å². The Bertz CT molecular complexity index is 234. The summed E-state index contributed by atoms with van der Waals surface area (Å²) in [5, 5.41) is 14.1. The van der Waals surface area contributed by atoms with E-state index in [1.807, 2.05) is 23.8 Å².